The number of alkyl halides is 3. The predicted molar refractivity (Wildman–Crippen MR) is 135 cm³/mol. The van der Waals surface area contributed by atoms with Crippen molar-refractivity contribution in [3.05, 3.63) is 36.5 Å². The monoisotopic (exact) mass is 569 g/mol. The van der Waals surface area contributed by atoms with Gasteiger partial charge in [-0.15, -0.1) is 0 Å². The van der Waals surface area contributed by atoms with Crippen molar-refractivity contribution in [3.8, 4) is 11.5 Å². The highest BCUT2D eigenvalue weighted by atomic mass is 32.2. The van der Waals surface area contributed by atoms with Gasteiger partial charge in [-0.2, -0.15) is 18.3 Å². The maximum absolute atomic E-state index is 13.0. The highest BCUT2D eigenvalue weighted by molar-refractivity contribution is 7.90. The lowest BCUT2D eigenvalue weighted by Crippen LogP contribution is -2.32. The van der Waals surface area contributed by atoms with Crippen molar-refractivity contribution in [2.45, 2.75) is 33.0 Å². The number of pyridine rings is 1. The first-order valence-electron chi connectivity index (χ1n) is 11.7. The molecule has 0 saturated carbocycles. The van der Waals surface area contributed by atoms with Crippen LogP contribution in [0.25, 0.3) is 11.5 Å². The number of nitrogens with zero attached hydrogens (tertiary/aromatic N) is 5. The average molecular weight is 570 g/mol. The van der Waals surface area contributed by atoms with E-state index in [9.17, 15) is 31.2 Å². The topological polar surface area (TPSA) is 152 Å². The normalized spacial score (nSPS) is 15.5. The van der Waals surface area contributed by atoms with Gasteiger partial charge in [0, 0.05) is 30.0 Å². The summed E-state index contributed by atoms with van der Waals surface area (Å²) in [5.74, 6) is -1.01. The zero-order valence-corrected chi connectivity index (χ0v) is 22.1. The third-order valence-electron chi connectivity index (χ3n) is 5.94. The predicted octanol–water partition coefficient (Wildman–Crippen LogP) is 2.97. The van der Waals surface area contributed by atoms with Gasteiger partial charge in [0.25, 0.3) is 5.91 Å². The van der Waals surface area contributed by atoms with E-state index in [1.807, 2.05) is 0 Å². The van der Waals surface area contributed by atoms with Crippen LogP contribution in [0.15, 0.2) is 35.2 Å². The van der Waals surface area contributed by atoms with Crippen molar-refractivity contribution in [2.75, 3.05) is 40.6 Å². The standard InChI is InChI=1S/C23H26F3N7O5S/c1-22(2)5-7-33(21(22)35)18-15(11-32(31-18)8-9-39(3,36)37)29-19(34)16-12-38-20(30-16)14-4-6-27-17(10-14)28-13-23(24,25)26/h4,6,10-12H,5,7-9,13H2,1-3H3,(H,27,28)(H,29,34). The third-order valence-corrected chi connectivity index (χ3v) is 6.86. The number of hydrogen-bond donors (Lipinski definition) is 2. The number of nitrogens with one attached hydrogen (secondary N) is 2. The molecule has 12 nitrogen and oxygen atoms in total. The molecule has 3 aromatic rings. The van der Waals surface area contributed by atoms with Gasteiger partial charge in [0.2, 0.25) is 11.8 Å². The zero-order chi connectivity index (χ0) is 28.6. The summed E-state index contributed by atoms with van der Waals surface area (Å²) in [5, 5.41) is 9.16. The second-order valence-corrected chi connectivity index (χ2v) is 12.0. The molecule has 4 rings (SSSR count). The Hall–Kier alpha value is -3.95. The minimum atomic E-state index is -4.43. The number of sulfone groups is 1. The minimum absolute atomic E-state index is 0.00792. The molecule has 0 aromatic carbocycles. The van der Waals surface area contributed by atoms with Crippen molar-refractivity contribution < 1.29 is 35.6 Å². The fraction of sp³-hybridized carbons (Fsp3) is 0.435. The molecule has 2 N–H and O–H groups in total. The van der Waals surface area contributed by atoms with E-state index in [1.165, 1.54) is 34.1 Å². The Kier molecular flexibility index (Phi) is 7.42. The van der Waals surface area contributed by atoms with Crippen molar-refractivity contribution in [3.63, 3.8) is 0 Å². The second-order valence-electron chi connectivity index (χ2n) is 9.74. The van der Waals surface area contributed by atoms with E-state index in [2.05, 4.69) is 25.7 Å². The van der Waals surface area contributed by atoms with Crippen molar-refractivity contribution in [1.29, 1.82) is 0 Å². The summed E-state index contributed by atoms with van der Waals surface area (Å²) >= 11 is 0. The summed E-state index contributed by atoms with van der Waals surface area (Å²) in [4.78, 5) is 35.3. The number of halogens is 3. The number of anilines is 3. The molecule has 1 fully saturated rings. The van der Waals surface area contributed by atoms with Crippen molar-refractivity contribution in [1.82, 2.24) is 19.7 Å². The van der Waals surface area contributed by atoms with Crippen LogP contribution in [0.1, 0.15) is 30.8 Å². The molecular formula is C23H26F3N7O5S. The molecule has 3 aromatic heterocycles. The molecule has 0 aliphatic carbocycles. The van der Waals surface area contributed by atoms with E-state index in [0.717, 1.165) is 12.5 Å². The Balaban J connectivity index is 1.55. The summed E-state index contributed by atoms with van der Waals surface area (Å²) in [6.45, 7) is 2.69. The summed E-state index contributed by atoms with van der Waals surface area (Å²) in [6, 6.07) is 2.75. The fourth-order valence-electron chi connectivity index (χ4n) is 3.79. The lowest BCUT2D eigenvalue weighted by atomic mass is 9.92. The molecule has 39 heavy (non-hydrogen) atoms. The van der Waals surface area contributed by atoms with Crippen LogP contribution < -0.4 is 15.5 Å². The SMILES string of the molecule is CC1(C)CCN(c2nn(CCS(C)(=O)=O)cc2NC(=O)c2coc(-c3ccnc(NCC(F)(F)F)c3)n2)C1=O. The number of hydrogen-bond acceptors (Lipinski definition) is 9. The van der Waals surface area contributed by atoms with Gasteiger partial charge in [-0.05, 0) is 18.6 Å². The quantitative estimate of drug-likeness (QED) is 0.396. The fourth-order valence-corrected chi connectivity index (χ4v) is 4.31. The summed E-state index contributed by atoms with van der Waals surface area (Å²) in [5.41, 5.74) is -0.314. The van der Waals surface area contributed by atoms with Gasteiger partial charge in [-0.1, -0.05) is 13.8 Å². The Morgan fingerprint density at radius 3 is 2.67 bits per heavy atom. The number of aromatic nitrogens is 4. The van der Waals surface area contributed by atoms with E-state index in [4.69, 9.17) is 4.42 Å². The Morgan fingerprint density at radius 1 is 1.28 bits per heavy atom. The van der Waals surface area contributed by atoms with Crippen molar-refractivity contribution in [2.24, 2.45) is 5.41 Å². The van der Waals surface area contributed by atoms with Crippen LogP contribution in [0.5, 0.6) is 0 Å². The number of carbonyl (C=O) groups is 2. The van der Waals surface area contributed by atoms with Gasteiger partial charge in [-0.25, -0.2) is 18.4 Å². The number of carbonyl (C=O) groups excluding carboxylic acids is 2. The highest BCUT2D eigenvalue weighted by Gasteiger charge is 2.41. The van der Waals surface area contributed by atoms with Gasteiger partial charge < -0.3 is 15.1 Å². The molecule has 0 atom stereocenters. The van der Waals surface area contributed by atoms with Gasteiger partial charge in [0.05, 0.1) is 18.5 Å². The molecule has 2 amide bonds. The average Bonchev–Trinajstić information content (AvgIpc) is 3.54. The molecule has 0 bridgehead atoms. The van der Waals surface area contributed by atoms with Crippen LogP contribution in [0, 0.1) is 5.41 Å². The maximum atomic E-state index is 13.0. The molecule has 0 unspecified atom stereocenters. The first-order valence-corrected chi connectivity index (χ1v) is 13.8. The lowest BCUT2D eigenvalue weighted by molar-refractivity contribution is -0.124. The maximum Gasteiger partial charge on any atom is 0.405 e. The van der Waals surface area contributed by atoms with Crippen molar-refractivity contribution >= 4 is 39.0 Å². The van der Waals surface area contributed by atoms with Gasteiger partial charge in [0.15, 0.2) is 11.5 Å². The largest absolute Gasteiger partial charge is 0.444 e. The number of amides is 2. The first kappa shape index (κ1) is 28.1. The van der Waals surface area contributed by atoms with Gasteiger partial charge in [0.1, 0.15) is 34.2 Å². The zero-order valence-electron chi connectivity index (χ0n) is 21.2. The lowest BCUT2D eigenvalue weighted by Gasteiger charge is -2.18. The molecule has 4 heterocycles. The molecule has 210 valence electrons. The Labute approximate surface area is 221 Å². The van der Waals surface area contributed by atoms with E-state index in [-0.39, 0.29) is 52.7 Å². The van der Waals surface area contributed by atoms with Crippen LogP contribution in [-0.2, 0) is 21.2 Å². The van der Waals surface area contributed by atoms with E-state index in [1.54, 1.807) is 13.8 Å². The molecule has 1 aliphatic heterocycles. The Morgan fingerprint density at radius 2 is 2.03 bits per heavy atom. The number of rotatable bonds is 9. The summed E-state index contributed by atoms with van der Waals surface area (Å²) in [6.07, 6.45) is 0.994. The van der Waals surface area contributed by atoms with Crippen LogP contribution in [0.4, 0.5) is 30.5 Å². The van der Waals surface area contributed by atoms with Gasteiger partial charge in [-0.3, -0.25) is 19.2 Å². The molecule has 1 aliphatic rings. The van der Waals surface area contributed by atoms with Crippen LogP contribution in [0.2, 0.25) is 0 Å². The van der Waals surface area contributed by atoms with E-state index >= 15 is 0 Å². The minimum Gasteiger partial charge on any atom is -0.444 e. The molecule has 0 spiro atoms. The summed E-state index contributed by atoms with van der Waals surface area (Å²) in [7, 11) is -3.29. The van der Waals surface area contributed by atoms with Crippen LogP contribution in [-0.4, -0.2) is 71.3 Å². The van der Waals surface area contributed by atoms with Gasteiger partial charge >= 0.3 is 6.18 Å². The van der Waals surface area contributed by atoms with E-state index < -0.39 is 33.9 Å². The number of oxazole rings is 1. The van der Waals surface area contributed by atoms with Crippen LogP contribution >= 0.6 is 0 Å². The molecule has 16 heteroatoms. The highest BCUT2D eigenvalue weighted by Crippen LogP contribution is 2.36. The summed E-state index contributed by atoms with van der Waals surface area (Å²) < 4.78 is 67.4. The first-order chi connectivity index (χ1) is 18.1. The Bertz CT molecular complexity index is 1500. The second kappa shape index (κ2) is 10.3. The molecule has 0 radical (unpaired) electrons. The van der Waals surface area contributed by atoms with E-state index in [0.29, 0.717) is 13.0 Å². The smallest absolute Gasteiger partial charge is 0.405 e. The molecule has 1 saturated heterocycles. The third kappa shape index (κ3) is 6.93. The van der Waals surface area contributed by atoms with Crippen LogP contribution in [0.3, 0.4) is 0 Å². The molecular weight excluding hydrogens is 543 g/mol. The number of aryl methyl sites for hydroxylation is 1.